The predicted octanol–water partition coefficient (Wildman–Crippen LogP) is 1.14. The topological polar surface area (TPSA) is 29.5 Å². The summed E-state index contributed by atoms with van der Waals surface area (Å²) in [6.45, 7) is 4.13. The zero-order valence-corrected chi connectivity index (χ0v) is 8.63. The minimum Gasteiger partial charge on any atom is -0.468 e. The summed E-state index contributed by atoms with van der Waals surface area (Å²) in [6.07, 6.45) is 0.984. The Morgan fingerprint density at radius 3 is 2.25 bits per heavy atom. The highest BCUT2D eigenvalue weighted by molar-refractivity contribution is 5.75. The maximum absolute atomic E-state index is 11.3. The van der Waals surface area contributed by atoms with Crippen LogP contribution in [0.25, 0.3) is 0 Å². The van der Waals surface area contributed by atoms with Gasteiger partial charge in [0, 0.05) is 0 Å². The molecule has 0 aromatic carbocycles. The van der Waals surface area contributed by atoms with Gasteiger partial charge in [0.25, 0.3) is 0 Å². The fraction of sp³-hybridized carbons (Fsp3) is 0.889. The molecule has 12 heavy (non-hydrogen) atoms. The first-order chi connectivity index (χ1) is 5.54. The van der Waals surface area contributed by atoms with Crippen molar-refractivity contribution in [2.75, 3.05) is 21.2 Å². The van der Waals surface area contributed by atoms with E-state index in [1.165, 1.54) is 7.11 Å². The van der Waals surface area contributed by atoms with Gasteiger partial charge in [0.1, 0.15) is 6.04 Å². The molecule has 0 bridgehead atoms. The van der Waals surface area contributed by atoms with Gasteiger partial charge in [-0.2, -0.15) is 0 Å². The van der Waals surface area contributed by atoms with Crippen LogP contribution in [0, 0.1) is 5.92 Å². The standard InChI is InChI=1S/C9H19NO2/c1-6-7(2)8(10(3)4)9(11)12-5/h7-8H,6H2,1-5H3/t7-,8+/m1/s1. The first-order valence-electron chi connectivity index (χ1n) is 4.28. The fourth-order valence-corrected chi connectivity index (χ4v) is 1.30. The van der Waals surface area contributed by atoms with E-state index in [2.05, 4.69) is 13.8 Å². The molecule has 72 valence electrons. The molecule has 3 heteroatoms. The zero-order valence-electron chi connectivity index (χ0n) is 8.63. The molecular formula is C9H19NO2. The van der Waals surface area contributed by atoms with E-state index in [4.69, 9.17) is 4.74 Å². The van der Waals surface area contributed by atoms with Crippen LogP contribution in [0.3, 0.4) is 0 Å². The Balaban J connectivity index is 4.32. The van der Waals surface area contributed by atoms with Crippen molar-refractivity contribution in [1.29, 1.82) is 0 Å². The van der Waals surface area contributed by atoms with E-state index < -0.39 is 0 Å². The number of esters is 1. The minimum atomic E-state index is -0.144. The average Bonchev–Trinajstić information content (AvgIpc) is 2.03. The first-order valence-corrected chi connectivity index (χ1v) is 4.28. The number of methoxy groups -OCH3 is 1. The second-order valence-electron chi connectivity index (χ2n) is 3.32. The Kier molecular flexibility index (Phi) is 4.90. The van der Waals surface area contributed by atoms with Crippen molar-refractivity contribution in [2.45, 2.75) is 26.3 Å². The summed E-state index contributed by atoms with van der Waals surface area (Å²) in [7, 11) is 5.22. The number of carbonyl (C=O) groups is 1. The van der Waals surface area contributed by atoms with Gasteiger partial charge in [-0.1, -0.05) is 20.3 Å². The normalized spacial score (nSPS) is 15.8. The Hall–Kier alpha value is -0.570. The lowest BCUT2D eigenvalue weighted by Crippen LogP contribution is -2.41. The number of carbonyl (C=O) groups excluding carboxylic acids is 1. The van der Waals surface area contributed by atoms with Gasteiger partial charge in [0.15, 0.2) is 0 Å². The number of likely N-dealkylation sites (N-methyl/N-ethyl adjacent to an activating group) is 1. The molecule has 0 fully saturated rings. The minimum absolute atomic E-state index is 0.111. The molecule has 0 unspecified atom stereocenters. The summed E-state index contributed by atoms with van der Waals surface area (Å²) >= 11 is 0. The smallest absolute Gasteiger partial charge is 0.323 e. The molecule has 3 nitrogen and oxygen atoms in total. The van der Waals surface area contributed by atoms with Gasteiger partial charge in [0.05, 0.1) is 7.11 Å². The molecule has 0 rings (SSSR count). The molecular weight excluding hydrogens is 154 g/mol. The van der Waals surface area contributed by atoms with E-state index in [0.29, 0.717) is 5.92 Å². The zero-order chi connectivity index (χ0) is 9.72. The van der Waals surface area contributed by atoms with Gasteiger partial charge in [-0.25, -0.2) is 0 Å². The van der Waals surface area contributed by atoms with Gasteiger partial charge in [-0.3, -0.25) is 9.69 Å². The van der Waals surface area contributed by atoms with Crippen molar-refractivity contribution >= 4 is 5.97 Å². The quantitative estimate of drug-likeness (QED) is 0.597. The van der Waals surface area contributed by atoms with E-state index in [1.54, 1.807) is 0 Å². The molecule has 0 aromatic rings. The summed E-state index contributed by atoms with van der Waals surface area (Å²) in [4.78, 5) is 13.2. The van der Waals surface area contributed by atoms with Gasteiger partial charge < -0.3 is 4.74 Å². The summed E-state index contributed by atoms with van der Waals surface area (Å²) in [5.41, 5.74) is 0. The molecule has 0 spiro atoms. The number of ether oxygens (including phenoxy) is 1. The van der Waals surface area contributed by atoms with Crippen molar-refractivity contribution in [3.05, 3.63) is 0 Å². The number of nitrogens with zero attached hydrogens (tertiary/aromatic N) is 1. The van der Waals surface area contributed by atoms with Crippen molar-refractivity contribution in [1.82, 2.24) is 4.90 Å². The average molecular weight is 173 g/mol. The Bertz CT molecular complexity index is 145. The van der Waals surface area contributed by atoms with E-state index >= 15 is 0 Å². The molecule has 2 atom stereocenters. The van der Waals surface area contributed by atoms with Crippen LogP contribution in [0.2, 0.25) is 0 Å². The third-order valence-corrected chi connectivity index (χ3v) is 2.18. The third-order valence-electron chi connectivity index (χ3n) is 2.18. The summed E-state index contributed by atoms with van der Waals surface area (Å²) in [5.74, 6) is 0.196. The number of hydrogen-bond donors (Lipinski definition) is 0. The number of hydrogen-bond acceptors (Lipinski definition) is 3. The van der Waals surface area contributed by atoms with Gasteiger partial charge in [0.2, 0.25) is 0 Å². The van der Waals surface area contributed by atoms with Crippen molar-refractivity contribution < 1.29 is 9.53 Å². The number of rotatable bonds is 4. The molecule has 0 radical (unpaired) electrons. The summed E-state index contributed by atoms with van der Waals surface area (Å²) in [5, 5.41) is 0. The maximum Gasteiger partial charge on any atom is 0.323 e. The molecule has 0 heterocycles. The monoisotopic (exact) mass is 173 g/mol. The second-order valence-corrected chi connectivity index (χ2v) is 3.32. The van der Waals surface area contributed by atoms with Crippen LogP contribution >= 0.6 is 0 Å². The van der Waals surface area contributed by atoms with E-state index in [-0.39, 0.29) is 12.0 Å². The van der Waals surface area contributed by atoms with Crippen molar-refractivity contribution in [3.63, 3.8) is 0 Å². The van der Waals surface area contributed by atoms with Gasteiger partial charge in [-0.05, 0) is 20.0 Å². The van der Waals surface area contributed by atoms with E-state index in [1.807, 2.05) is 19.0 Å². The lowest BCUT2D eigenvalue weighted by Gasteiger charge is -2.26. The molecule has 0 aromatic heterocycles. The van der Waals surface area contributed by atoms with Crippen LogP contribution < -0.4 is 0 Å². The van der Waals surface area contributed by atoms with E-state index in [9.17, 15) is 4.79 Å². The molecule has 0 aliphatic heterocycles. The molecule has 0 aliphatic carbocycles. The van der Waals surface area contributed by atoms with Crippen molar-refractivity contribution in [2.24, 2.45) is 5.92 Å². The summed E-state index contributed by atoms with van der Waals surface area (Å²) in [6, 6.07) is -0.111. The second kappa shape index (κ2) is 5.14. The Morgan fingerprint density at radius 2 is 2.00 bits per heavy atom. The molecule has 0 amide bonds. The van der Waals surface area contributed by atoms with Crippen LogP contribution in [0.5, 0.6) is 0 Å². The van der Waals surface area contributed by atoms with Crippen LogP contribution in [0.4, 0.5) is 0 Å². The summed E-state index contributed by atoms with van der Waals surface area (Å²) < 4.78 is 4.72. The van der Waals surface area contributed by atoms with Crippen molar-refractivity contribution in [3.8, 4) is 0 Å². The highest BCUT2D eigenvalue weighted by Crippen LogP contribution is 2.13. The Morgan fingerprint density at radius 1 is 1.50 bits per heavy atom. The van der Waals surface area contributed by atoms with Crippen LogP contribution in [0.1, 0.15) is 20.3 Å². The van der Waals surface area contributed by atoms with Crippen LogP contribution in [-0.4, -0.2) is 38.1 Å². The highest BCUT2D eigenvalue weighted by atomic mass is 16.5. The first kappa shape index (κ1) is 11.4. The molecule has 0 aliphatic rings. The van der Waals surface area contributed by atoms with Crippen LogP contribution in [-0.2, 0) is 9.53 Å². The highest BCUT2D eigenvalue weighted by Gasteiger charge is 2.26. The third kappa shape index (κ3) is 2.81. The largest absolute Gasteiger partial charge is 0.468 e. The fourth-order valence-electron chi connectivity index (χ4n) is 1.30. The maximum atomic E-state index is 11.3. The van der Waals surface area contributed by atoms with Gasteiger partial charge in [-0.15, -0.1) is 0 Å². The van der Waals surface area contributed by atoms with Gasteiger partial charge >= 0.3 is 5.97 Å². The predicted molar refractivity (Wildman–Crippen MR) is 48.9 cm³/mol. The lowest BCUT2D eigenvalue weighted by atomic mass is 9.98. The molecule has 0 N–H and O–H groups in total. The lowest BCUT2D eigenvalue weighted by molar-refractivity contribution is -0.147. The molecule has 0 saturated heterocycles. The van der Waals surface area contributed by atoms with Crippen LogP contribution in [0.15, 0.2) is 0 Å². The molecule has 0 saturated carbocycles. The van der Waals surface area contributed by atoms with E-state index in [0.717, 1.165) is 6.42 Å². The SMILES string of the molecule is CC[C@@H](C)[C@@H](C(=O)OC)N(C)C. The Labute approximate surface area is 74.7 Å².